The van der Waals surface area contributed by atoms with Crippen LogP contribution in [-0.4, -0.2) is 16.0 Å². The molecular formula is C17H16ClN3S. The van der Waals surface area contributed by atoms with Gasteiger partial charge in [-0.3, -0.25) is 4.98 Å². The van der Waals surface area contributed by atoms with Crippen molar-refractivity contribution in [2.24, 2.45) is 0 Å². The summed E-state index contributed by atoms with van der Waals surface area (Å²) in [6, 6.07) is 12.1. The van der Waals surface area contributed by atoms with E-state index in [1.165, 1.54) is 0 Å². The van der Waals surface area contributed by atoms with Gasteiger partial charge in [-0.25, -0.2) is 4.98 Å². The van der Waals surface area contributed by atoms with Gasteiger partial charge in [-0.2, -0.15) is 0 Å². The number of aromatic nitrogens is 2. The van der Waals surface area contributed by atoms with Crippen molar-refractivity contribution in [1.82, 2.24) is 9.97 Å². The maximum absolute atomic E-state index is 6.33. The zero-order valence-corrected chi connectivity index (χ0v) is 13.9. The molecule has 5 heteroatoms. The molecule has 3 rings (SSSR count). The van der Waals surface area contributed by atoms with Gasteiger partial charge < -0.3 is 5.32 Å². The van der Waals surface area contributed by atoms with E-state index < -0.39 is 0 Å². The Morgan fingerprint density at radius 3 is 2.59 bits per heavy atom. The SMILES string of the molecule is CC(C)Nc1ncc(-c2cccnc2-c2ccccc2Cl)s1. The summed E-state index contributed by atoms with van der Waals surface area (Å²) >= 11 is 7.95. The molecular weight excluding hydrogens is 314 g/mol. The summed E-state index contributed by atoms with van der Waals surface area (Å²) < 4.78 is 0. The molecule has 0 radical (unpaired) electrons. The van der Waals surface area contributed by atoms with Crippen LogP contribution >= 0.6 is 22.9 Å². The highest BCUT2D eigenvalue weighted by Gasteiger charge is 2.13. The van der Waals surface area contributed by atoms with Gasteiger partial charge in [0.05, 0.1) is 10.6 Å². The Labute approximate surface area is 139 Å². The Morgan fingerprint density at radius 2 is 1.82 bits per heavy atom. The number of anilines is 1. The molecule has 2 heterocycles. The predicted molar refractivity (Wildman–Crippen MR) is 94.5 cm³/mol. The van der Waals surface area contributed by atoms with E-state index in [-0.39, 0.29) is 0 Å². The van der Waals surface area contributed by atoms with Crippen molar-refractivity contribution < 1.29 is 0 Å². The van der Waals surface area contributed by atoms with Crippen molar-refractivity contribution in [2.45, 2.75) is 19.9 Å². The zero-order chi connectivity index (χ0) is 15.5. The highest BCUT2D eigenvalue weighted by atomic mass is 35.5. The molecule has 0 unspecified atom stereocenters. The van der Waals surface area contributed by atoms with Crippen molar-refractivity contribution in [3.8, 4) is 21.7 Å². The molecule has 0 aliphatic heterocycles. The van der Waals surface area contributed by atoms with Crippen LogP contribution in [0.5, 0.6) is 0 Å². The number of pyridine rings is 1. The number of nitrogens with zero attached hydrogens (tertiary/aromatic N) is 2. The van der Waals surface area contributed by atoms with E-state index in [0.717, 1.165) is 26.8 Å². The van der Waals surface area contributed by atoms with Gasteiger partial charge >= 0.3 is 0 Å². The van der Waals surface area contributed by atoms with Gasteiger partial charge in [0, 0.05) is 34.6 Å². The molecule has 0 bridgehead atoms. The highest BCUT2D eigenvalue weighted by molar-refractivity contribution is 7.18. The summed E-state index contributed by atoms with van der Waals surface area (Å²) in [6.45, 7) is 4.20. The van der Waals surface area contributed by atoms with Crippen LogP contribution in [0.3, 0.4) is 0 Å². The fraction of sp³-hybridized carbons (Fsp3) is 0.176. The van der Waals surface area contributed by atoms with Crippen molar-refractivity contribution in [2.75, 3.05) is 5.32 Å². The van der Waals surface area contributed by atoms with E-state index in [4.69, 9.17) is 11.6 Å². The van der Waals surface area contributed by atoms with Crippen LogP contribution in [0.2, 0.25) is 5.02 Å². The van der Waals surface area contributed by atoms with E-state index in [2.05, 4.69) is 35.2 Å². The smallest absolute Gasteiger partial charge is 0.183 e. The van der Waals surface area contributed by atoms with E-state index >= 15 is 0 Å². The lowest BCUT2D eigenvalue weighted by molar-refractivity contribution is 0.896. The molecule has 0 saturated carbocycles. The molecule has 0 amide bonds. The molecule has 1 aromatic carbocycles. The van der Waals surface area contributed by atoms with Gasteiger partial charge in [-0.1, -0.05) is 41.1 Å². The van der Waals surface area contributed by atoms with Crippen molar-refractivity contribution >= 4 is 28.1 Å². The monoisotopic (exact) mass is 329 g/mol. The van der Waals surface area contributed by atoms with E-state index in [1.54, 1.807) is 17.5 Å². The minimum atomic E-state index is 0.357. The third kappa shape index (κ3) is 3.13. The number of thiazole rings is 1. The second-order valence-electron chi connectivity index (χ2n) is 5.21. The van der Waals surface area contributed by atoms with Crippen LogP contribution in [-0.2, 0) is 0 Å². The fourth-order valence-electron chi connectivity index (χ4n) is 2.18. The Bertz CT molecular complexity index is 783. The minimum absolute atomic E-state index is 0.357. The average Bonchev–Trinajstić information content (AvgIpc) is 2.95. The van der Waals surface area contributed by atoms with Gasteiger partial charge in [0.1, 0.15) is 0 Å². The quantitative estimate of drug-likeness (QED) is 0.701. The molecule has 3 aromatic rings. The highest BCUT2D eigenvalue weighted by Crippen LogP contribution is 2.37. The Balaban J connectivity index is 2.05. The molecule has 0 saturated heterocycles. The van der Waals surface area contributed by atoms with Crippen molar-refractivity contribution in [3.63, 3.8) is 0 Å². The summed E-state index contributed by atoms with van der Waals surface area (Å²) in [5.74, 6) is 0. The molecule has 0 aliphatic rings. The number of benzene rings is 1. The van der Waals surface area contributed by atoms with E-state index in [0.29, 0.717) is 11.1 Å². The maximum atomic E-state index is 6.33. The summed E-state index contributed by atoms with van der Waals surface area (Å²) in [7, 11) is 0. The summed E-state index contributed by atoms with van der Waals surface area (Å²) in [5.41, 5.74) is 2.87. The van der Waals surface area contributed by atoms with Gasteiger partial charge in [-0.15, -0.1) is 0 Å². The zero-order valence-electron chi connectivity index (χ0n) is 12.4. The van der Waals surface area contributed by atoms with Crippen LogP contribution in [0, 0.1) is 0 Å². The number of halogens is 1. The summed E-state index contributed by atoms with van der Waals surface area (Å²) in [5, 5.41) is 4.94. The Hall–Kier alpha value is -1.91. The first kappa shape index (κ1) is 15.0. The number of nitrogens with one attached hydrogen (secondary N) is 1. The molecule has 2 aromatic heterocycles. The van der Waals surface area contributed by atoms with E-state index in [1.807, 2.05) is 36.5 Å². The minimum Gasteiger partial charge on any atom is -0.359 e. The second-order valence-corrected chi connectivity index (χ2v) is 6.65. The Morgan fingerprint density at radius 1 is 1.05 bits per heavy atom. The standard InChI is InChI=1S/C17H16ClN3S/c1-11(2)21-17-20-10-15(22-17)13-7-5-9-19-16(13)12-6-3-4-8-14(12)18/h3-11H,1-2H3,(H,20,21). The van der Waals surface area contributed by atoms with E-state index in [9.17, 15) is 0 Å². The molecule has 0 atom stereocenters. The molecule has 0 aliphatic carbocycles. The lowest BCUT2D eigenvalue weighted by Gasteiger charge is -2.08. The van der Waals surface area contributed by atoms with Gasteiger partial charge in [-0.05, 0) is 32.0 Å². The molecule has 0 fully saturated rings. The lowest BCUT2D eigenvalue weighted by atomic mass is 10.1. The third-order valence-corrected chi connectivity index (χ3v) is 4.41. The average molecular weight is 330 g/mol. The first-order valence-electron chi connectivity index (χ1n) is 7.08. The summed E-state index contributed by atoms with van der Waals surface area (Å²) in [4.78, 5) is 10.0. The largest absolute Gasteiger partial charge is 0.359 e. The predicted octanol–water partition coefficient (Wildman–Crippen LogP) is 5.35. The second kappa shape index (κ2) is 6.46. The molecule has 0 spiro atoms. The molecule has 112 valence electrons. The van der Waals surface area contributed by atoms with Crippen LogP contribution in [0.4, 0.5) is 5.13 Å². The third-order valence-electron chi connectivity index (χ3n) is 3.12. The molecule has 3 nitrogen and oxygen atoms in total. The van der Waals surface area contributed by atoms with Gasteiger partial charge in [0.15, 0.2) is 5.13 Å². The number of rotatable bonds is 4. The van der Waals surface area contributed by atoms with Crippen LogP contribution in [0.15, 0.2) is 48.8 Å². The first-order valence-corrected chi connectivity index (χ1v) is 8.27. The topological polar surface area (TPSA) is 37.8 Å². The van der Waals surface area contributed by atoms with Gasteiger partial charge in [0.2, 0.25) is 0 Å². The van der Waals surface area contributed by atoms with Crippen LogP contribution in [0.1, 0.15) is 13.8 Å². The van der Waals surface area contributed by atoms with Crippen molar-refractivity contribution in [1.29, 1.82) is 0 Å². The molecule has 1 N–H and O–H groups in total. The molecule has 22 heavy (non-hydrogen) atoms. The van der Waals surface area contributed by atoms with Crippen molar-refractivity contribution in [3.05, 3.63) is 53.8 Å². The maximum Gasteiger partial charge on any atom is 0.183 e. The normalized spacial score (nSPS) is 10.9. The summed E-state index contributed by atoms with van der Waals surface area (Å²) in [6.07, 6.45) is 3.67. The first-order chi connectivity index (χ1) is 10.6. The number of hydrogen-bond acceptors (Lipinski definition) is 4. The van der Waals surface area contributed by atoms with Crippen LogP contribution in [0.25, 0.3) is 21.7 Å². The van der Waals surface area contributed by atoms with Crippen LogP contribution < -0.4 is 5.32 Å². The van der Waals surface area contributed by atoms with Gasteiger partial charge in [0.25, 0.3) is 0 Å². The lowest BCUT2D eigenvalue weighted by Crippen LogP contribution is -2.08. The Kier molecular flexibility index (Phi) is 4.41. The number of hydrogen-bond donors (Lipinski definition) is 1. The fourth-order valence-corrected chi connectivity index (χ4v) is 3.40.